The number of carbonyl (C=O) groups is 1. The van der Waals surface area contributed by atoms with Crippen molar-refractivity contribution < 1.29 is 14.3 Å². The second-order valence-electron chi connectivity index (χ2n) is 6.20. The molecule has 0 aliphatic heterocycles. The normalized spacial score (nSPS) is 11.1. The number of carbonyl (C=O) groups excluding carboxylic acids is 1. The van der Waals surface area contributed by atoms with Gasteiger partial charge < -0.3 is 9.47 Å². The maximum atomic E-state index is 11.3. The lowest BCUT2D eigenvalue weighted by Crippen LogP contribution is -2.04. The van der Waals surface area contributed by atoms with Crippen LogP contribution >= 0.6 is 15.9 Å². The molecule has 0 N–H and O–H groups in total. The zero-order valence-corrected chi connectivity index (χ0v) is 17.2. The first-order valence-electron chi connectivity index (χ1n) is 8.96. The van der Waals surface area contributed by atoms with Gasteiger partial charge in [-0.15, -0.1) is 0 Å². The predicted octanol–water partition coefficient (Wildman–Crippen LogP) is 5.68. The smallest absolute Gasteiger partial charge is 0.309 e. The van der Waals surface area contributed by atoms with E-state index in [1.54, 1.807) is 0 Å². The van der Waals surface area contributed by atoms with Crippen LogP contribution in [0, 0.1) is 0 Å². The molecule has 3 aromatic rings. The Bertz CT molecular complexity index is 930. The summed E-state index contributed by atoms with van der Waals surface area (Å²) in [6, 6.07) is 26.0. The molecule has 0 unspecified atom stereocenters. The second-order valence-corrected chi connectivity index (χ2v) is 7.11. The maximum absolute atomic E-state index is 11.3. The number of halogens is 1. The molecule has 0 amide bonds. The van der Waals surface area contributed by atoms with Gasteiger partial charge >= 0.3 is 5.97 Å². The van der Waals surface area contributed by atoms with Crippen LogP contribution in [0.15, 0.2) is 89.4 Å². The first-order valence-corrected chi connectivity index (χ1v) is 9.75. The van der Waals surface area contributed by atoms with Crippen LogP contribution in [0.1, 0.15) is 16.7 Å². The lowest BCUT2D eigenvalue weighted by Gasteiger charge is -2.10. The lowest BCUT2D eigenvalue weighted by atomic mass is 9.98. The van der Waals surface area contributed by atoms with E-state index in [4.69, 9.17) is 4.74 Å². The third-order valence-corrected chi connectivity index (χ3v) is 4.81. The van der Waals surface area contributed by atoms with Crippen LogP contribution in [0.4, 0.5) is 0 Å². The van der Waals surface area contributed by atoms with Crippen LogP contribution < -0.4 is 4.74 Å². The highest BCUT2D eigenvalue weighted by atomic mass is 79.9. The molecule has 0 heterocycles. The third kappa shape index (κ3) is 5.57. The van der Waals surface area contributed by atoms with Crippen molar-refractivity contribution in [1.29, 1.82) is 0 Å². The fourth-order valence-corrected chi connectivity index (χ4v) is 3.08. The number of ether oxygens (including phenoxy) is 2. The van der Waals surface area contributed by atoms with Crippen LogP contribution in [-0.2, 0) is 16.0 Å². The van der Waals surface area contributed by atoms with Gasteiger partial charge in [-0.2, -0.15) is 0 Å². The minimum absolute atomic E-state index is 0.251. The van der Waals surface area contributed by atoms with Gasteiger partial charge in [-0.05, 0) is 52.6 Å². The number of hydrogen-bond donors (Lipinski definition) is 0. The van der Waals surface area contributed by atoms with Gasteiger partial charge in [0.05, 0.1) is 13.5 Å². The van der Waals surface area contributed by atoms with E-state index in [1.165, 1.54) is 7.11 Å². The average molecular weight is 437 g/mol. The molecule has 3 rings (SSSR count). The highest BCUT2D eigenvalue weighted by molar-refractivity contribution is 9.10. The average Bonchev–Trinajstić information content (AvgIpc) is 2.74. The minimum atomic E-state index is -0.251. The van der Waals surface area contributed by atoms with Crippen molar-refractivity contribution in [2.24, 2.45) is 0 Å². The summed E-state index contributed by atoms with van der Waals surface area (Å²) in [5.74, 6) is 0.506. The van der Waals surface area contributed by atoms with Crippen LogP contribution in [0.25, 0.3) is 5.57 Å². The molecule has 142 valence electrons. The molecule has 0 fully saturated rings. The standard InChI is InChI=1S/C24H21BrO3/c1-27-24(26)17-18-7-13-22(14-8-18)28-16-15-23(19-5-3-2-4-6-19)20-9-11-21(25)12-10-20/h2-15H,16-17H2,1H3. The number of hydrogen-bond acceptors (Lipinski definition) is 3. The van der Waals surface area contributed by atoms with E-state index in [-0.39, 0.29) is 12.4 Å². The van der Waals surface area contributed by atoms with E-state index >= 15 is 0 Å². The van der Waals surface area contributed by atoms with Crippen LogP contribution in [0.3, 0.4) is 0 Å². The van der Waals surface area contributed by atoms with Crippen molar-refractivity contribution in [2.45, 2.75) is 6.42 Å². The Hall–Kier alpha value is -2.85. The van der Waals surface area contributed by atoms with E-state index in [0.29, 0.717) is 6.61 Å². The summed E-state index contributed by atoms with van der Waals surface area (Å²) in [5, 5.41) is 0. The number of esters is 1. The number of benzene rings is 3. The SMILES string of the molecule is COC(=O)Cc1ccc(OCC=C(c2ccccc2)c2ccc(Br)cc2)cc1. The Balaban J connectivity index is 1.73. The predicted molar refractivity (Wildman–Crippen MR) is 115 cm³/mol. The molecule has 0 radical (unpaired) electrons. The summed E-state index contributed by atoms with van der Waals surface area (Å²) in [7, 11) is 1.39. The number of rotatable bonds is 7. The Labute approximate surface area is 173 Å². The molecular formula is C24H21BrO3. The van der Waals surface area contributed by atoms with Gasteiger partial charge in [0.25, 0.3) is 0 Å². The van der Waals surface area contributed by atoms with Gasteiger partial charge in [0.15, 0.2) is 0 Å². The highest BCUT2D eigenvalue weighted by Gasteiger charge is 2.06. The second kappa shape index (κ2) is 9.90. The summed E-state index contributed by atoms with van der Waals surface area (Å²) in [6.07, 6.45) is 2.35. The van der Waals surface area contributed by atoms with Crippen molar-refractivity contribution in [3.63, 3.8) is 0 Å². The molecule has 0 aromatic heterocycles. The molecular weight excluding hydrogens is 416 g/mol. The third-order valence-electron chi connectivity index (χ3n) is 4.28. The Morgan fingerprint density at radius 1 is 0.893 bits per heavy atom. The quantitative estimate of drug-likeness (QED) is 0.447. The van der Waals surface area contributed by atoms with Gasteiger partial charge in [-0.25, -0.2) is 0 Å². The summed E-state index contributed by atoms with van der Waals surface area (Å²) < 4.78 is 11.6. The summed E-state index contributed by atoms with van der Waals surface area (Å²) >= 11 is 3.49. The van der Waals surface area contributed by atoms with Gasteiger partial charge in [0, 0.05) is 4.47 Å². The molecule has 0 aliphatic rings. The summed E-state index contributed by atoms with van der Waals surface area (Å²) in [5.41, 5.74) is 4.29. The molecule has 0 bridgehead atoms. The minimum Gasteiger partial charge on any atom is -0.490 e. The summed E-state index contributed by atoms with van der Waals surface area (Å²) in [6.45, 7) is 0.441. The van der Waals surface area contributed by atoms with Crippen molar-refractivity contribution >= 4 is 27.5 Å². The zero-order valence-electron chi connectivity index (χ0n) is 15.6. The van der Waals surface area contributed by atoms with E-state index in [1.807, 2.05) is 54.6 Å². The van der Waals surface area contributed by atoms with Crippen molar-refractivity contribution in [1.82, 2.24) is 0 Å². The van der Waals surface area contributed by atoms with Crippen LogP contribution in [-0.4, -0.2) is 19.7 Å². The van der Waals surface area contributed by atoms with Crippen LogP contribution in [0.5, 0.6) is 5.75 Å². The molecule has 0 atom stereocenters. The van der Waals surface area contributed by atoms with Gasteiger partial charge in [-0.1, -0.05) is 70.5 Å². The Morgan fingerprint density at radius 2 is 1.54 bits per heavy atom. The molecule has 28 heavy (non-hydrogen) atoms. The van der Waals surface area contributed by atoms with Gasteiger partial charge in [0.2, 0.25) is 0 Å². The first-order chi connectivity index (χ1) is 13.7. The zero-order chi connectivity index (χ0) is 19.8. The van der Waals surface area contributed by atoms with Crippen LogP contribution in [0.2, 0.25) is 0 Å². The van der Waals surface area contributed by atoms with E-state index in [0.717, 1.165) is 32.5 Å². The Kier molecular flexibility index (Phi) is 7.04. The molecule has 0 saturated heterocycles. The molecule has 0 spiro atoms. The van der Waals surface area contributed by atoms with Gasteiger partial charge in [-0.3, -0.25) is 4.79 Å². The van der Waals surface area contributed by atoms with E-state index < -0.39 is 0 Å². The van der Waals surface area contributed by atoms with Crippen molar-refractivity contribution in [2.75, 3.05) is 13.7 Å². The first kappa shape index (κ1) is 19.9. The molecule has 3 nitrogen and oxygen atoms in total. The largest absolute Gasteiger partial charge is 0.490 e. The lowest BCUT2D eigenvalue weighted by molar-refractivity contribution is -0.139. The Morgan fingerprint density at radius 3 is 2.18 bits per heavy atom. The monoisotopic (exact) mass is 436 g/mol. The molecule has 4 heteroatoms. The molecule has 0 saturated carbocycles. The van der Waals surface area contributed by atoms with E-state index in [9.17, 15) is 4.79 Å². The topological polar surface area (TPSA) is 35.5 Å². The van der Waals surface area contributed by atoms with Crippen molar-refractivity contribution in [3.8, 4) is 5.75 Å². The number of methoxy groups -OCH3 is 1. The maximum Gasteiger partial charge on any atom is 0.309 e. The van der Waals surface area contributed by atoms with E-state index in [2.05, 4.69) is 51.0 Å². The molecule has 0 aliphatic carbocycles. The van der Waals surface area contributed by atoms with Crippen molar-refractivity contribution in [3.05, 3.63) is 106 Å². The van der Waals surface area contributed by atoms with Gasteiger partial charge in [0.1, 0.15) is 12.4 Å². The fourth-order valence-electron chi connectivity index (χ4n) is 2.81. The summed E-state index contributed by atoms with van der Waals surface area (Å²) in [4.78, 5) is 11.3. The highest BCUT2D eigenvalue weighted by Crippen LogP contribution is 2.25. The molecule has 3 aromatic carbocycles. The fraction of sp³-hybridized carbons (Fsp3) is 0.125.